The lowest BCUT2D eigenvalue weighted by Crippen LogP contribution is -2.27. The highest BCUT2D eigenvalue weighted by atomic mass is 32.1. The first-order valence-corrected chi connectivity index (χ1v) is 8.27. The normalized spacial score (nSPS) is 11.1. The molecule has 0 radical (unpaired) electrons. The van der Waals surface area contributed by atoms with Crippen LogP contribution in [-0.2, 0) is 25.9 Å². The highest BCUT2D eigenvalue weighted by molar-refractivity contribution is 7.09. The standard InChI is InChI=1S/C16H17N3O6S/c1-10-17-13(9-26-10)15(16(21)22)19-25-8-14(20)18-24-7-11-3-5-12(23-2)6-4-11/h3-6,9H,7-8H2,1-2H3,(H,18,20)(H,21,22)/b19-15-. The van der Waals surface area contributed by atoms with Gasteiger partial charge in [-0.05, 0) is 24.6 Å². The van der Waals surface area contributed by atoms with Crippen LogP contribution in [0.2, 0.25) is 0 Å². The Labute approximate surface area is 153 Å². The third-order valence-electron chi connectivity index (χ3n) is 3.00. The number of carboxylic acids is 1. The van der Waals surface area contributed by atoms with E-state index in [1.807, 2.05) is 0 Å². The number of ether oxygens (including phenoxy) is 1. The van der Waals surface area contributed by atoms with Crippen molar-refractivity contribution in [1.82, 2.24) is 10.5 Å². The van der Waals surface area contributed by atoms with Gasteiger partial charge in [0.05, 0.1) is 18.7 Å². The Morgan fingerprint density at radius 1 is 1.31 bits per heavy atom. The first-order valence-electron chi connectivity index (χ1n) is 7.39. The minimum Gasteiger partial charge on any atom is -0.497 e. The molecule has 10 heteroatoms. The van der Waals surface area contributed by atoms with Gasteiger partial charge in [0.2, 0.25) is 5.71 Å². The lowest BCUT2D eigenvalue weighted by molar-refractivity contribution is -0.139. The number of oxime groups is 1. The maximum Gasteiger partial charge on any atom is 0.360 e. The zero-order valence-electron chi connectivity index (χ0n) is 14.1. The molecule has 0 fully saturated rings. The van der Waals surface area contributed by atoms with E-state index in [-0.39, 0.29) is 18.0 Å². The van der Waals surface area contributed by atoms with Crippen LogP contribution in [0, 0.1) is 6.92 Å². The van der Waals surface area contributed by atoms with Crippen molar-refractivity contribution in [1.29, 1.82) is 0 Å². The van der Waals surface area contributed by atoms with Gasteiger partial charge in [0.25, 0.3) is 5.91 Å². The van der Waals surface area contributed by atoms with Crippen molar-refractivity contribution in [2.45, 2.75) is 13.5 Å². The van der Waals surface area contributed by atoms with Crippen LogP contribution in [0.3, 0.4) is 0 Å². The number of carboxylic acid groups (broad SMARTS) is 1. The van der Waals surface area contributed by atoms with Gasteiger partial charge in [0, 0.05) is 5.38 Å². The Balaban J connectivity index is 1.77. The molecule has 0 bridgehead atoms. The number of rotatable bonds is 9. The topological polar surface area (TPSA) is 119 Å². The molecular formula is C16H17N3O6S. The molecule has 0 saturated heterocycles. The van der Waals surface area contributed by atoms with E-state index in [9.17, 15) is 9.59 Å². The second kappa shape index (κ2) is 9.49. The molecule has 138 valence electrons. The van der Waals surface area contributed by atoms with Gasteiger partial charge in [-0.3, -0.25) is 9.63 Å². The number of aromatic nitrogens is 1. The summed E-state index contributed by atoms with van der Waals surface area (Å²) in [6.07, 6.45) is 0. The molecule has 2 aromatic rings. The number of aliphatic carboxylic acids is 1. The monoisotopic (exact) mass is 379 g/mol. The average molecular weight is 379 g/mol. The molecule has 9 nitrogen and oxygen atoms in total. The number of thiazole rings is 1. The van der Waals surface area contributed by atoms with Crippen LogP contribution in [0.1, 0.15) is 16.3 Å². The smallest absolute Gasteiger partial charge is 0.360 e. The number of carbonyl (C=O) groups excluding carboxylic acids is 1. The van der Waals surface area contributed by atoms with Crippen molar-refractivity contribution >= 4 is 28.9 Å². The van der Waals surface area contributed by atoms with Gasteiger partial charge >= 0.3 is 5.97 Å². The summed E-state index contributed by atoms with van der Waals surface area (Å²) in [5, 5.41) is 14.8. The summed E-state index contributed by atoms with van der Waals surface area (Å²) in [6, 6.07) is 7.12. The van der Waals surface area contributed by atoms with E-state index in [0.29, 0.717) is 10.8 Å². The van der Waals surface area contributed by atoms with E-state index in [4.69, 9.17) is 19.5 Å². The first kappa shape index (κ1) is 19.3. The SMILES string of the molecule is COc1ccc(CONC(=O)CO/N=C(\C(=O)O)c2csc(C)n2)cc1. The molecule has 26 heavy (non-hydrogen) atoms. The van der Waals surface area contributed by atoms with E-state index < -0.39 is 18.5 Å². The number of nitrogens with one attached hydrogen (secondary N) is 1. The molecule has 0 spiro atoms. The van der Waals surface area contributed by atoms with Crippen LogP contribution in [0.4, 0.5) is 0 Å². The van der Waals surface area contributed by atoms with Crippen LogP contribution in [0.5, 0.6) is 5.75 Å². The first-order chi connectivity index (χ1) is 12.5. The lowest BCUT2D eigenvalue weighted by Gasteiger charge is -2.06. The molecule has 0 aliphatic carbocycles. The van der Waals surface area contributed by atoms with E-state index in [2.05, 4.69) is 15.6 Å². The summed E-state index contributed by atoms with van der Waals surface area (Å²) in [6.45, 7) is 1.39. The van der Waals surface area contributed by atoms with Gasteiger partial charge in [-0.15, -0.1) is 11.3 Å². The number of nitrogens with zero attached hydrogens (tertiary/aromatic N) is 2. The predicted molar refractivity (Wildman–Crippen MR) is 92.9 cm³/mol. The van der Waals surface area contributed by atoms with Gasteiger partial charge in [0.1, 0.15) is 11.4 Å². The molecule has 2 N–H and O–H groups in total. The number of hydroxylamine groups is 1. The average Bonchev–Trinajstić information content (AvgIpc) is 3.05. The van der Waals surface area contributed by atoms with Crippen LogP contribution < -0.4 is 10.2 Å². The predicted octanol–water partition coefficient (Wildman–Crippen LogP) is 1.51. The summed E-state index contributed by atoms with van der Waals surface area (Å²) in [4.78, 5) is 36.6. The number of amides is 1. The molecule has 1 aromatic carbocycles. The maximum absolute atomic E-state index is 11.6. The number of hydrogen-bond donors (Lipinski definition) is 2. The molecule has 2 rings (SSSR count). The quantitative estimate of drug-likeness (QED) is 0.501. The summed E-state index contributed by atoms with van der Waals surface area (Å²) in [7, 11) is 1.57. The van der Waals surface area contributed by atoms with Crippen LogP contribution in [0.15, 0.2) is 34.8 Å². The van der Waals surface area contributed by atoms with Gasteiger partial charge in [-0.25, -0.2) is 15.3 Å². The molecule has 1 heterocycles. The molecule has 0 atom stereocenters. The zero-order chi connectivity index (χ0) is 18.9. The fourth-order valence-electron chi connectivity index (χ4n) is 1.77. The summed E-state index contributed by atoms with van der Waals surface area (Å²) in [5.74, 6) is -1.19. The summed E-state index contributed by atoms with van der Waals surface area (Å²) >= 11 is 1.28. The molecule has 0 unspecified atom stereocenters. The summed E-state index contributed by atoms with van der Waals surface area (Å²) < 4.78 is 5.04. The van der Waals surface area contributed by atoms with Gasteiger partial charge in [-0.2, -0.15) is 0 Å². The van der Waals surface area contributed by atoms with Crippen molar-refractivity contribution in [3.05, 3.63) is 45.9 Å². The van der Waals surface area contributed by atoms with E-state index in [0.717, 1.165) is 5.56 Å². The second-order valence-electron chi connectivity index (χ2n) is 4.93. The third-order valence-corrected chi connectivity index (χ3v) is 3.77. The highest BCUT2D eigenvalue weighted by Crippen LogP contribution is 2.11. The molecular weight excluding hydrogens is 362 g/mol. The van der Waals surface area contributed by atoms with E-state index in [1.165, 1.54) is 11.3 Å². The van der Waals surface area contributed by atoms with Crippen molar-refractivity contribution in [2.75, 3.05) is 13.7 Å². The Hall–Kier alpha value is -2.98. The molecule has 0 aliphatic rings. The number of benzene rings is 1. The largest absolute Gasteiger partial charge is 0.497 e. The Morgan fingerprint density at radius 3 is 2.62 bits per heavy atom. The van der Waals surface area contributed by atoms with Crippen LogP contribution in [-0.4, -0.2) is 41.4 Å². The maximum atomic E-state index is 11.6. The lowest BCUT2D eigenvalue weighted by atomic mass is 10.2. The second-order valence-corrected chi connectivity index (χ2v) is 5.99. The minimum atomic E-state index is -1.30. The van der Waals surface area contributed by atoms with Gasteiger partial charge in [0.15, 0.2) is 6.61 Å². The molecule has 1 aromatic heterocycles. The highest BCUT2D eigenvalue weighted by Gasteiger charge is 2.17. The van der Waals surface area contributed by atoms with Crippen LogP contribution in [0.25, 0.3) is 0 Å². The van der Waals surface area contributed by atoms with Gasteiger partial charge in [-0.1, -0.05) is 17.3 Å². The molecule has 1 amide bonds. The van der Waals surface area contributed by atoms with Crippen molar-refractivity contribution in [2.24, 2.45) is 5.16 Å². The Morgan fingerprint density at radius 2 is 2.04 bits per heavy atom. The number of aryl methyl sites for hydroxylation is 1. The Bertz CT molecular complexity index is 788. The van der Waals surface area contributed by atoms with Crippen molar-refractivity contribution in [3.8, 4) is 5.75 Å². The minimum absolute atomic E-state index is 0.150. The summed E-state index contributed by atoms with van der Waals surface area (Å²) in [5.41, 5.74) is 2.82. The number of methoxy groups -OCH3 is 1. The fraction of sp³-hybridized carbons (Fsp3) is 0.250. The number of carbonyl (C=O) groups is 2. The van der Waals surface area contributed by atoms with E-state index in [1.54, 1.807) is 43.7 Å². The Kier molecular flexibility index (Phi) is 7.06. The van der Waals surface area contributed by atoms with Crippen molar-refractivity contribution < 1.29 is 29.1 Å². The van der Waals surface area contributed by atoms with Gasteiger partial charge < -0.3 is 14.7 Å². The van der Waals surface area contributed by atoms with Crippen molar-refractivity contribution in [3.63, 3.8) is 0 Å². The number of hydrogen-bond acceptors (Lipinski definition) is 8. The molecule has 0 saturated carbocycles. The van der Waals surface area contributed by atoms with Crippen LogP contribution >= 0.6 is 11.3 Å². The molecule has 0 aliphatic heterocycles. The van der Waals surface area contributed by atoms with E-state index >= 15 is 0 Å². The fourth-order valence-corrected chi connectivity index (χ4v) is 2.37. The zero-order valence-corrected chi connectivity index (χ0v) is 14.9. The third kappa shape index (κ3) is 5.83.